The highest BCUT2D eigenvalue weighted by Crippen LogP contribution is 2.06. The number of hydrogen-bond acceptors (Lipinski definition) is 0. The second-order valence-corrected chi connectivity index (χ2v) is 2.64. The Morgan fingerprint density at radius 3 is 1.38 bits per heavy atom. The monoisotopic (exact) mass is 195 g/mol. The average Bonchev–Trinajstić information content (AvgIpc) is 1.79. The minimum atomic E-state index is -6.00. The first kappa shape index (κ1) is 12.3. The number of rotatable bonds is 0. The molecule has 0 aromatic heterocycles. The van der Waals surface area contributed by atoms with E-state index in [-0.39, 0.29) is 0 Å². The van der Waals surface area contributed by atoms with Gasteiger partial charge in [0.15, 0.2) is 0 Å². The van der Waals surface area contributed by atoms with Gasteiger partial charge in [0.1, 0.15) is 0 Å². The molecule has 0 saturated heterocycles. The third-order valence-corrected chi connectivity index (χ3v) is 1.37. The van der Waals surface area contributed by atoms with Gasteiger partial charge in [-0.2, -0.15) is 0 Å². The van der Waals surface area contributed by atoms with Crippen LogP contribution in [0.2, 0.25) is 0 Å². The van der Waals surface area contributed by atoms with Gasteiger partial charge in [0, 0.05) is 0 Å². The van der Waals surface area contributed by atoms with Crippen molar-refractivity contribution in [1.29, 1.82) is 0 Å². The van der Waals surface area contributed by atoms with E-state index in [1.165, 1.54) is 25.7 Å². The highest BCUT2D eigenvalue weighted by molar-refractivity contribution is 6.50. The lowest BCUT2D eigenvalue weighted by molar-refractivity contribution is 0.368. The van der Waals surface area contributed by atoms with Crippen molar-refractivity contribution in [3.8, 4) is 0 Å². The van der Waals surface area contributed by atoms with Gasteiger partial charge in [0.2, 0.25) is 0 Å². The predicted molar refractivity (Wildman–Crippen MR) is 46.9 cm³/mol. The first-order valence-electron chi connectivity index (χ1n) is 4.19. The molecule has 76 valence electrons. The molecule has 13 heavy (non-hydrogen) atoms. The Hall–Kier alpha value is -0.735. The van der Waals surface area contributed by atoms with Crippen molar-refractivity contribution in [3.63, 3.8) is 0 Å². The molecule has 0 atom stereocenters. The van der Waals surface area contributed by atoms with Gasteiger partial charge in [-0.05, 0) is 25.7 Å². The highest BCUT2D eigenvalue weighted by atomic mass is 19.5. The van der Waals surface area contributed by atoms with Gasteiger partial charge in [-0.25, -0.2) is 0 Å². The lowest BCUT2D eigenvalue weighted by atomic mass is 10.1. The van der Waals surface area contributed by atoms with Crippen molar-refractivity contribution in [2.45, 2.75) is 25.7 Å². The van der Waals surface area contributed by atoms with Gasteiger partial charge in [-0.15, -0.1) is 0 Å². The second kappa shape index (κ2) is 6.75. The molecule has 0 aromatic rings. The van der Waals surface area contributed by atoms with E-state index in [2.05, 4.69) is 24.3 Å². The maximum absolute atomic E-state index is 9.75. The molecule has 0 nitrogen and oxygen atoms in total. The number of allylic oxidation sites excluding steroid dienone is 4. The average molecular weight is 195 g/mol. The lowest BCUT2D eigenvalue weighted by Crippen LogP contribution is -2.02. The van der Waals surface area contributed by atoms with Crippen LogP contribution in [-0.2, 0) is 0 Å². The summed E-state index contributed by atoms with van der Waals surface area (Å²) < 4.78 is 39.0. The van der Waals surface area contributed by atoms with Crippen LogP contribution in [0.15, 0.2) is 24.3 Å². The fourth-order valence-electron chi connectivity index (χ4n) is 0.874. The molecule has 1 aliphatic carbocycles. The van der Waals surface area contributed by atoms with Crippen LogP contribution in [0.3, 0.4) is 0 Å². The summed E-state index contributed by atoms with van der Waals surface area (Å²) in [7, 11) is -6.00. The molecular formula is C8H12BF4-. The molecule has 0 N–H and O–H groups in total. The van der Waals surface area contributed by atoms with Gasteiger partial charge >= 0.3 is 7.25 Å². The molecule has 0 radical (unpaired) electrons. The van der Waals surface area contributed by atoms with Crippen LogP contribution in [0.25, 0.3) is 0 Å². The summed E-state index contributed by atoms with van der Waals surface area (Å²) in [5.41, 5.74) is 0. The number of halogens is 4. The molecule has 1 aliphatic rings. The van der Waals surface area contributed by atoms with Crippen LogP contribution >= 0.6 is 0 Å². The Labute approximate surface area is 75.4 Å². The molecule has 0 heterocycles. The Kier molecular flexibility index (Phi) is 6.36. The smallest absolute Gasteiger partial charge is 0.418 e. The van der Waals surface area contributed by atoms with Crippen molar-refractivity contribution < 1.29 is 17.3 Å². The van der Waals surface area contributed by atoms with Crippen molar-refractivity contribution in [2.75, 3.05) is 0 Å². The van der Waals surface area contributed by atoms with Gasteiger partial charge in [0.25, 0.3) is 0 Å². The summed E-state index contributed by atoms with van der Waals surface area (Å²) in [6.45, 7) is 0. The fraction of sp³-hybridized carbons (Fsp3) is 0.500. The Morgan fingerprint density at radius 2 is 1.08 bits per heavy atom. The van der Waals surface area contributed by atoms with E-state index in [1.54, 1.807) is 0 Å². The van der Waals surface area contributed by atoms with Crippen molar-refractivity contribution in [1.82, 2.24) is 0 Å². The van der Waals surface area contributed by atoms with Crippen LogP contribution in [0, 0.1) is 0 Å². The van der Waals surface area contributed by atoms with Gasteiger partial charge in [0.05, 0.1) is 0 Å². The standard InChI is InChI=1S/C8H12.BF4/c1-2-4-6-8-7-5-3-1;2-1(3,4)5/h1-4H,5-8H2;/q;-1. The summed E-state index contributed by atoms with van der Waals surface area (Å²) in [4.78, 5) is 0. The van der Waals surface area contributed by atoms with Crippen molar-refractivity contribution in [3.05, 3.63) is 24.3 Å². The maximum Gasteiger partial charge on any atom is 0.673 e. The quantitative estimate of drug-likeness (QED) is 0.405. The normalized spacial score (nSPS) is 16.9. The molecule has 0 aliphatic heterocycles. The molecule has 0 spiro atoms. The van der Waals surface area contributed by atoms with Gasteiger partial charge in [-0.1, -0.05) is 24.3 Å². The number of hydrogen-bond donors (Lipinski definition) is 0. The Morgan fingerprint density at radius 1 is 0.769 bits per heavy atom. The van der Waals surface area contributed by atoms with E-state index in [1.807, 2.05) is 0 Å². The molecule has 0 aromatic carbocycles. The van der Waals surface area contributed by atoms with E-state index >= 15 is 0 Å². The fourth-order valence-corrected chi connectivity index (χ4v) is 0.874. The molecule has 0 unspecified atom stereocenters. The summed E-state index contributed by atoms with van der Waals surface area (Å²) in [5, 5.41) is 0. The SMILES string of the molecule is C1=CCCCCC=C1.F[B-](F)(F)F. The van der Waals surface area contributed by atoms with E-state index in [4.69, 9.17) is 0 Å². The first-order valence-corrected chi connectivity index (χ1v) is 4.19. The first-order chi connectivity index (χ1) is 6.00. The van der Waals surface area contributed by atoms with Crippen LogP contribution in [0.1, 0.15) is 25.7 Å². The van der Waals surface area contributed by atoms with E-state index in [0.29, 0.717) is 0 Å². The zero-order valence-corrected chi connectivity index (χ0v) is 7.23. The second-order valence-electron chi connectivity index (χ2n) is 2.64. The Bertz CT molecular complexity index is 151. The molecule has 0 saturated carbocycles. The lowest BCUT2D eigenvalue weighted by Gasteiger charge is -1.94. The van der Waals surface area contributed by atoms with Gasteiger partial charge < -0.3 is 17.3 Å². The van der Waals surface area contributed by atoms with E-state index in [0.717, 1.165) is 0 Å². The zero-order chi connectivity index (χ0) is 10.2. The van der Waals surface area contributed by atoms with Crippen molar-refractivity contribution in [2.24, 2.45) is 0 Å². The molecule has 0 bridgehead atoms. The maximum atomic E-state index is 9.75. The van der Waals surface area contributed by atoms with E-state index < -0.39 is 7.25 Å². The minimum Gasteiger partial charge on any atom is -0.418 e. The Balaban J connectivity index is 0.000000252. The molecule has 5 heteroatoms. The summed E-state index contributed by atoms with van der Waals surface area (Å²) in [6.07, 6.45) is 14.0. The molecule has 1 rings (SSSR count). The largest absolute Gasteiger partial charge is 0.673 e. The zero-order valence-electron chi connectivity index (χ0n) is 7.23. The van der Waals surface area contributed by atoms with Crippen LogP contribution < -0.4 is 0 Å². The van der Waals surface area contributed by atoms with Crippen LogP contribution in [0.4, 0.5) is 17.3 Å². The predicted octanol–water partition coefficient (Wildman–Crippen LogP) is 3.97. The highest BCUT2D eigenvalue weighted by Gasteiger charge is 2.20. The third-order valence-electron chi connectivity index (χ3n) is 1.37. The van der Waals surface area contributed by atoms with Gasteiger partial charge in [-0.3, -0.25) is 0 Å². The van der Waals surface area contributed by atoms with E-state index in [9.17, 15) is 17.3 Å². The van der Waals surface area contributed by atoms with Crippen LogP contribution in [0.5, 0.6) is 0 Å². The summed E-state index contributed by atoms with van der Waals surface area (Å²) in [5.74, 6) is 0. The van der Waals surface area contributed by atoms with Crippen molar-refractivity contribution >= 4 is 7.25 Å². The molecular weight excluding hydrogens is 183 g/mol. The van der Waals surface area contributed by atoms with Crippen LogP contribution in [-0.4, -0.2) is 7.25 Å². The summed E-state index contributed by atoms with van der Waals surface area (Å²) >= 11 is 0. The summed E-state index contributed by atoms with van der Waals surface area (Å²) in [6, 6.07) is 0. The third kappa shape index (κ3) is 18.3. The topological polar surface area (TPSA) is 0 Å². The molecule has 0 fully saturated rings. The minimum absolute atomic E-state index is 1.27. The molecule has 0 amide bonds.